The van der Waals surface area contributed by atoms with Crippen LogP contribution in [0.25, 0.3) is 0 Å². The van der Waals surface area contributed by atoms with Gasteiger partial charge in [-0.2, -0.15) is 0 Å². The van der Waals surface area contributed by atoms with Gasteiger partial charge >= 0.3 is 0 Å². The first-order valence-corrected chi connectivity index (χ1v) is 8.72. The minimum atomic E-state index is -0.460. The fourth-order valence-corrected chi connectivity index (χ4v) is 2.53. The highest BCUT2D eigenvalue weighted by atomic mass is 79.9. The first-order valence-electron chi connectivity index (χ1n) is 7.93. The fourth-order valence-electron chi connectivity index (χ4n) is 2.26. The lowest BCUT2D eigenvalue weighted by Crippen LogP contribution is -2.35. The summed E-state index contributed by atoms with van der Waals surface area (Å²) in [6.07, 6.45) is 0.0783. The minimum absolute atomic E-state index is 0.0125. The van der Waals surface area contributed by atoms with Gasteiger partial charge in [-0.1, -0.05) is 34.1 Å². The summed E-state index contributed by atoms with van der Waals surface area (Å²) in [7, 11) is 1.48. The second kappa shape index (κ2) is 9.24. The Labute approximate surface area is 159 Å². The van der Waals surface area contributed by atoms with E-state index in [9.17, 15) is 18.8 Å². The van der Waals surface area contributed by atoms with E-state index in [4.69, 9.17) is 0 Å². The van der Waals surface area contributed by atoms with E-state index in [-0.39, 0.29) is 31.1 Å². The second-order valence-electron chi connectivity index (χ2n) is 5.74. The Morgan fingerprint density at radius 3 is 2.42 bits per heavy atom. The minimum Gasteiger partial charge on any atom is -0.336 e. The van der Waals surface area contributed by atoms with Crippen LogP contribution in [0.4, 0.5) is 10.1 Å². The number of anilines is 1. The van der Waals surface area contributed by atoms with Gasteiger partial charge in [0.25, 0.3) is 0 Å². The molecule has 0 atom stereocenters. The summed E-state index contributed by atoms with van der Waals surface area (Å²) in [5.74, 6) is -1.35. The topological polar surface area (TPSA) is 66.5 Å². The monoisotopic (exact) mass is 420 g/mol. The van der Waals surface area contributed by atoms with Gasteiger partial charge in [0.15, 0.2) is 5.78 Å². The number of hydrogen-bond acceptors (Lipinski definition) is 3. The molecule has 0 unspecified atom stereocenters. The average Bonchev–Trinajstić information content (AvgIpc) is 2.59. The summed E-state index contributed by atoms with van der Waals surface area (Å²) in [5.41, 5.74) is 0.855. The molecule has 0 aromatic heterocycles. The molecule has 0 bridgehead atoms. The number of rotatable bonds is 7. The van der Waals surface area contributed by atoms with Crippen molar-refractivity contribution in [2.24, 2.45) is 0 Å². The number of nitrogens with one attached hydrogen (secondary N) is 1. The lowest BCUT2D eigenvalue weighted by molar-refractivity contribution is -0.133. The highest BCUT2D eigenvalue weighted by Crippen LogP contribution is 2.13. The molecule has 2 aromatic rings. The molecule has 0 aliphatic rings. The number of halogens is 2. The molecule has 5 nitrogen and oxygen atoms in total. The molecule has 2 aromatic carbocycles. The maximum absolute atomic E-state index is 13.1. The van der Waals surface area contributed by atoms with Crippen molar-refractivity contribution in [2.45, 2.75) is 12.8 Å². The van der Waals surface area contributed by atoms with Crippen LogP contribution in [0.1, 0.15) is 23.2 Å². The molecule has 1 N–H and O–H groups in total. The van der Waals surface area contributed by atoms with E-state index >= 15 is 0 Å². The fraction of sp³-hybridized carbons (Fsp3) is 0.211. The maximum atomic E-state index is 13.1. The zero-order valence-corrected chi connectivity index (χ0v) is 15.8. The lowest BCUT2D eigenvalue weighted by atomic mass is 10.1. The highest BCUT2D eigenvalue weighted by molar-refractivity contribution is 9.10. The molecule has 0 spiro atoms. The summed E-state index contributed by atoms with van der Waals surface area (Å²) in [5, 5.41) is 2.52. The Morgan fingerprint density at radius 2 is 1.77 bits per heavy atom. The largest absolute Gasteiger partial charge is 0.336 e. The van der Waals surface area contributed by atoms with Crippen molar-refractivity contribution in [3.63, 3.8) is 0 Å². The zero-order valence-electron chi connectivity index (χ0n) is 14.2. The molecule has 136 valence electrons. The van der Waals surface area contributed by atoms with E-state index in [1.54, 1.807) is 30.3 Å². The van der Waals surface area contributed by atoms with Gasteiger partial charge in [0, 0.05) is 35.6 Å². The Hall–Kier alpha value is -2.54. The van der Waals surface area contributed by atoms with E-state index in [2.05, 4.69) is 21.2 Å². The lowest BCUT2D eigenvalue weighted by Gasteiger charge is -2.16. The summed E-state index contributed by atoms with van der Waals surface area (Å²) < 4.78 is 14.0. The van der Waals surface area contributed by atoms with Crippen LogP contribution in [-0.4, -0.2) is 36.1 Å². The van der Waals surface area contributed by atoms with Gasteiger partial charge in [-0.25, -0.2) is 4.39 Å². The number of Topliss-reactive ketones (excluding diaryl/α,β-unsaturated/α-hetero) is 1. The number of benzene rings is 2. The second-order valence-corrected chi connectivity index (χ2v) is 6.65. The van der Waals surface area contributed by atoms with Crippen LogP contribution in [0.15, 0.2) is 53.0 Å². The molecule has 0 aliphatic carbocycles. The van der Waals surface area contributed by atoms with Crippen molar-refractivity contribution in [3.8, 4) is 0 Å². The average molecular weight is 421 g/mol. The van der Waals surface area contributed by atoms with Crippen molar-refractivity contribution in [2.75, 3.05) is 18.9 Å². The van der Waals surface area contributed by atoms with Crippen molar-refractivity contribution >= 4 is 39.2 Å². The van der Waals surface area contributed by atoms with E-state index in [1.165, 1.54) is 30.1 Å². The smallest absolute Gasteiger partial charge is 0.243 e. The maximum Gasteiger partial charge on any atom is 0.243 e. The van der Waals surface area contributed by atoms with Crippen molar-refractivity contribution in [3.05, 3.63) is 64.4 Å². The molecule has 0 heterocycles. The molecule has 7 heteroatoms. The first kappa shape index (κ1) is 19.8. The molecular formula is C19H18BrFN2O3. The third kappa shape index (κ3) is 6.07. The number of carbonyl (C=O) groups excluding carboxylic acids is 3. The first-order chi connectivity index (χ1) is 12.3. The Kier molecular flexibility index (Phi) is 7.03. The molecule has 2 rings (SSSR count). The van der Waals surface area contributed by atoms with Crippen molar-refractivity contribution in [1.29, 1.82) is 0 Å². The summed E-state index contributed by atoms with van der Waals surface area (Å²) in [6, 6.07) is 12.4. The molecule has 26 heavy (non-hydrogen) atoms. The number of carbonyl (C=O) groups is 3. The van der Waals surface area contributed by atoms with Gasteiger partial charge in [0.2, 0.25) is 11.8 Å². The number of nitrogens with zero attached hydrogens (tertiary/aromatic N) is 1. The van der Waals surface area contributed by atoms with E-state index in [0.717, 1.165) is 4.47 Å². The molecular weight excluding hydrogens is 403 g/mol. The van der Waals surface area contributed by atoms with Crippen LogP contribution >= 0.6 is 15.9 Å². The predicted molar refractivity (Wildman–Crippen MR) is 100 cm³/mol. The van der Waals surface area contributed by atoms with Gasteiger partial charge in [0.05, 0.1) is 6.54 Å². The van der Waals surface area contributed by atoms with E-state index in [0.29, 0.717) is 11.3 Å². The van der Waals surface area contributed by atoms with Crippen molar-refractivity contribution < 1.29 is 18.8 Å². The van der Waals surface area contributed by atoms with Crippen LogP contribution < -0.4 is 5.32 Å². The highest BCUT2D eigenvalue weighted by Gasteiger charge is 2.15. The third-order valence-corrected chi connectivity index (χ3v) is 4.18. The third-order valence-electron chi connectivity index (χ3n) is 3.65. The zero-order chi connectivity index (χ0) is 19.1. The van der Waals surface area contributed by atoms with Crippen LogP contribution in [-0.2, 0) is 9.59 Å². The van der Waals surface area contributed by atoms with Gasteiger partial charge in [-0.3, -0.25) is 14.4 Å². The standard InChI is InChI=1S/C19H18BrFN2O3/c1-23(12-18(25)22-16-4-2-3-15(21)11-16)19(26)10-9-17(24)13-5-7-14(20)8-6-13/h2-8,11H,9-10,12H2,1H3,(H,22,25). The van der Waals surface area contributed by atoms with Gasteiger partial charge in [-0.05, 0) is 30.3 Å². The SMILES string of the molecule is CN(CC(=O)Nc1cccc(F)c1)C(=O)CCC(=O)c1ccc(Br)cc1. The number of hydrogen-bond donors (Lipinski definition) is 1. The van der Waals surface area contributed by atoms with Crippen molar-refractivity contribution in [1.82, 2.24) is 4.90 Å². The molecule has 0 fully saturated rings. The van der Waals surface area contributed by atoms with Crippen LogP contribution in [0, 0.1) is 5.82 Å². The Morgan fingerprint density at radius 1 is 1.08 bits per heavy atom. The molecule has 2 amide bonds. The number of ketones is 1. The van der Waals surface area contributed by atoms with E-state index in [1.807, 2.05) is 0 Å². The summed E-state index contributed by atoms with van der Waals surface area (Å²) in [6.45, 7) is -0.179. The Balaban J connectivity index is 1.80. The van der Waals surface area contributed by atoms with Gasteiger partial charge in [0.1, 0.15) is 5.82 Å². The quantitative estimate of drug-likeness (QED) is 0.695. The van der Waals surface area contributed by atoms with Gasteiger partial charge < -0.3 is 10.2 Å². The normalized spacial score (nSPS) is 10.3. The van der Waals surface area contributed by atoms with Crippen LogP contribution in [0.5, 0.6) is 0 Å². The summed E-state index contributed by atoms with van der Waals surface area (Å²) in [4.78, 5) is 37.3. The van der Waals surface area contributed by atoms with Crippen LogP contribution in [0.2, 0.25) is 0 Å². The van der Waals surface area contributed by atoms with E-state index < -0.39 is 11.7 Å². The molecule has 0 radical (unpaired) electrons. The predicted octanol–water partition coefficient (Wildman–Crippen LogP) is 3.65. The number of likely N-dealkylation sites (N-methyl/N-ethyl adjacent to an activating group) is 1. The molecule has 0 saturated carbocycles. The Bertz CT molecular complexity index is 809. The molecule has 0 aliphatic heterocycles. The number of amides is 2. The summed E-state index contributed by atoms with van der Waals surface area (Å²) >= 11 is 3.30. The van der Waals surface area contributed by atoms with Gasteiger partial charge in [-0.15, -0.1) is 0 Å². The molecule has 0 saturated heterocycles. The van der Waals surface area contributed by atoms with Crippen LogP contribution in [0.3, 0.4) is 0 Å².